The Morgan fingerprint density at radius 1 is 1.40 bits per heavy atom. The lowest BCUT2D eigenvalue weighted by atomic mass is 10.4. The van der Waals surface area contributed by atoms with E-state index in [1.165, 1.54) is 25.3 Å². The Morgan fingerprint density at radius 3 is 2.70 bits per heavy atom. The summed E-state index contributed by atoms with van der Waals surface area (Å²) in [5.41, 5.74) is 0. The highest BCUT2D eigenvalue weighted by Crippen LogP contribution is 2.15. The van der Waals surface area contributed by atoms with Crippen molar-refractivity contribution in [1.29, 1.82) is 0 Å². The number of aryl methyl sites for hydroxylation is 1. The molecule has 1 atom stereocenters. The fraction of sp³-hybridized carbons (Fsp3) is 0.250. The van der Waals surface area contributed by atoms with Crippen LogP contribution < -0.4 is 5.32 Å². The topological polar surface area (TPSA) is 102 Å². The summed E-state index contributed by atoms with van der Waals surface area (Å²) in [6.07, 6.45) is 1.36. The van der Waals surface area contributed by atoms with Gasteiger partial charge in [0.05, 0.1) is 0 Å². The number of pyridine rings is 1. The number of amides is 1. The first-order valence-electron chi connectivity index (χ1n) is 5.80. The van der Waals surface area contributed by atoms with Crippen LogP contribution in [0.3, 0.4) is 0 Å². The Morgan fingerprint density at radius 2 is 2.15 bits per heavy atom. The summed E-state index contributed by atoms with van der Waals surface area (Å²) < 4.78 is 29.2. The molecule has 1 amide bonds. The predicted molar refractivity (Wildman–Crippen MR) is 70.8 cm³/mol. The molecule has 2 aromatic rings. The Hall–Kier alpha value is -2.22. The van der Waals surface area contributed by atoms with Crippen molar-refractivity contribution in [2.75, 3.05) is 5.32 Å². The number of carbonyl (C=O) groups is 1. The Bertz CT molecular complexity index is 709. The number of sulfone groups is 1. The van der Waals surface area contributed by atoms with Gasteiger partial charge in [-0.05, 0) is 26.0 Å². The Labute approximate surface area is 115 Å². The minimum Gasteiger partial charge on any atom is -0.360 e. The van der Waals surface area contributed by atoms with E-state index in [1.807, 2.05) is 0 Å². The second kappa shape index (κ2) is 5.41. The zero-order valence-corrected chi connectivity index (χ0v) is 11.7. The standard InChI is InChI=1S/C12H13N3O4S/c1-8-7-10(15-19-8)14-12(16)9(2)20(17,18)11-5-3-4-6-13-11/h3-7,9H,1-2H3,(H,14,15,16). The molecule has 0 aromatic carbocycles. The molecule has 106 valence electrons. The molecule has 0 saturated heterocycles. The van der Waals surface area contributed by atoms with Crippen molar-refractivity contribution in [3.05, 3.63) is 36.2 Å². The molecule has 7 nitrogen and oxygen atoms in total. The van der Waals surface area contributed by atoms with Crippen molar-refractivity contribution < 1.29 is 17.7 Å². The molecule has 0 aliphatic rings. The third-order valence-corrected chi connectivity index (χ3v) is 4.61. The third-order valence-electron chi connectivity index (χ3n) is 2.64. The van der Waals surface area contributed by atoms with Crippen molar-refractivity contribution >= 4 is 21.6 Å². The normalized spacial score (nSPS) is 12.9. The minimum atomic E-state index is -3.83. The molecule has 2 aromatic heterocycles. The van der Waals surface area contributed by atoms with Crippen LogP contribution in [0.15, 0.2) is 40.0 Å². The van der Waals surface area contributed by atoms with Crippen LogP contribution in [0.2, 0.25) is 0 Å². The van der Waals surface area contributed by atoms with E-state index in [2.05, 4.69) is 15.5 Å². The van der Waals surface area contributed by atoms with Crippen LogP contribution >= 0.6 is 0 Å². The summed E-state index contributed by atoms with van der Waals surface area (Å²) in [5, 5.41) is 4.54. The van der Waals surface area contributed by atoms with Crippen LogP contribution in [-0.2, 0) is 14.6 Å². The van der Waals surface area contributed by atoms with Crippen molar-refractivity contribution in [2.45, 2.75) is 24.1 Å². The molecule has 0 bridgehead atoms. The maximum absolute atomic E-state index is 12.2. The molecule has 1 unspecified atom stereocenters. The number of nitrogens with one attached hydrogen (secondary N) is 1. The maximum atomic E-state index is 12.2. The van der Waals surface area contributed by atoms with Crippen LogP contribution in [0.1, 0.15) is 12.7 Å². The van der Waals surface area contributed by atoms with Gasteiger partial charge >= 0.3 is 0 Å². The van der Waals surface area contributed by atoms with Gasteiger partial charge in [-0.3, -0.25) is 4.79 Å². The molecule has 0 aliphatic heterocycles. The number of nitrogens with zero attached hydrogens (tertiary/aromatic N) is 2. The van der Waals surface area contributed by atoms with E-state index in [9.17, 15) is 13.2 Å². The maximum Gasteiger partial charge on any atom is 0.244 e. The second-order valence-electron chi connectivity index (χ2n) is 4.17. The highest BCUT2D eigenvalue weighted by atomic mass is 32.2. The summed E-state index contributed by atoms with van der Waals surface area (Å²) in [7, 11) is -3.83. The van der Waals surface area contributed by atoms with E-state index in [1.54, 1.807) is 19.1 Å². The average molecular weight is 295 g/mol. The molecule has 20 heavy (non-hydrogen) atoms. The first kappa shape index (κ1) is 14.2. The van der Waals surface area contributed by atoms with E-state index in [4.69, 9.17) is 4.52 Å². The SMILES string of the molecule is Cc1cc(NC(=O)C(C)S(=O)(=O)c2ccccn2)no1. The average Bonchev–Trinajstić information content (AvgIpc) is 2.84. The fourth-order valence-corrected chi connectivity index (χ4v) is 2.67. The zero-order chi connectivity index (χ0) is 14.8. The van der Waals surface area contributed by atoms with Crippen molar-refractivity contribution in [3.8, 4) is 0 Å². The monoisotopic (exact) mass is 295 g/mol. The number of anilines is 1. The van der Waals surface area contributed by atoms with Gasteiger partial charge in [0, 0.05) is 12.3 Å². The lowest BCUT2D eigenvalue weighted by Crippen LogP contribution is -2.33. The summed E-state index contributed by atoms with van der Waals surface area (Å²) in [5.74, 6) is 0.0000557. The highest BCUT2D eigenvalue weighted by Gasteiger charge is 2.31. The van der Waals surface area contributed by atoms with E-state index in [0.717, 1.165) is 0 Å². The quantitative estimate of drug-likeness (QED) is 0.908. The van der Waals surface area contributed by atoms with Crippen LogP contribution in [0, 0.1) is 6.92 Å². The van der Waals surface area contributed by atoms with Gasteiger partial charge in [-0.2, -0.15) is 0 Å². The van der Waals surface area contributed by atoms with Crippen LogP contribution in [0.25, 0.3) is 0 Å². The van der Waals surface area contributed by atoms with Gasteiger partial charge in [0.2, 0.25) is 15.7 Å². The number of aromatic nitrogens is 2. The molecule has 2 heterocycles. The lowest BCUT2D eigenvalue weighted by Gasteiger charge is -2.11. The van der Waals surface area contributed by atoms with Crippen LogP contribution in [0.4, 0.5) is 5.82 Å². The third kappa shape index (κ3) is 2.85. The Kier molecular flexibility index (Phi) is 3.84. The number of hydrogen-bond donors (Lipinski definition) is 1. The molecule has 0 aliphatic carbocycles. The second-order valence-corrected chi connectivity index (χ2v) is 6.38. The highest BCUT2D eigenvalue weighted by molar-refractivity contribution is 7.92. The summed E-state index contributed by atoms with van der Waals surface area (Å²) in [6.45, 7) is 2.96. The smallest absolute Gasteiger partial charge is 0.244 e. The van der Waals surface area contributed by atoms with Crippen LogP contribution in [-0.4, -0.2) is 29.7 Å². The van der Waals surface area contributed by atoms with E-state index >= 15 is 0 Å². The van der Waals surface area contributed by atoms with Gasteiger partial charge < -0.3 is 9.84 Å². The van der Waals surface area contributed by atoms with E-state index in [0.29, 0.717) is 5.76 Å². The van der Waals surface area contributed by atoms with Gasteiger partial charge in [0.25, 0.3) is 0 Å². The number of carbonyl (C=O) groups excluding carboxylic acids is 1. The van der Waals surface area contributed by atoms with E-state index in [-0.39, 0.29) is 10.8 Å². The lowest BCUT2D eigenvalue weighted by molar-refractivity contribution is -0.115. The van der Waals surface area contributed by atoms with Gasteiger partial charge in [-0.15, -0.1) is 0 Å². The van der Waals surface area contributed by atoms with Gasteiger partial charge in [0.15, 0.2) is 10.8 Å². The fourth-order valence-electron chi connectivity index (χ4n) is 1.49. The molecule has 0 saturated carbocycles. The molecule has 8 heteroatoms. The van der Waals surface area contributed by atoms with Gasteiger partial charge in [-0.25, -0.2) is 13.4 Å². The van der Waals surface area contributed by atoms with Gasteiger partial charge in [-0.1, -0.05) is 11.2 Å². The van der Waals surface area contributed by atoms with Crippen molar-refractivity contribution in [3.63, 3.8) is 0 Å². The number of rotatable bonds is 4. The largest absolute Gasteiger partial charge is 0.360 e. The molecule has 0 spiro atoms. The van der Waals surface area contributed by atoms with Crippen LogP contribution in [0.5, 0.6) is 0 Å². The molecule has 0 fully saturated rings. The van der Waals surface area contributed by atoms with E-state index < -0.39 is 21.0 Å². The summed E-state index contributed by atoms with van der Waals surface area (Å²) in [6, 6.07) is 5.99. The van der Waals surface area contributed by atoms with Gasteiger partial charge in [0.1, 0.15) is 11.0 Å². The molecule has 2 rings (SSSR count). The zero-order valence-electron chi connectivity index (χ0n) is 10.9. The predicted octanol–water partition coefficient (Wildman–Crippen LogP) is 1.18. The molecular weight excluding hydrogens is 282 g/mol. The summed E-state index contributed by atoms with van der Waals surface area (Å²) in [4.78, 5) is 15.7. The first-order valence-corrected chi connectivity index (χ1v) is 7.35. The molecule has 0 radical (unpaired) electrons. The minimum absolute atomic E-state index is 0.140. The van der Waals surface area contributed by atoms with Crippen molar-refractivity contribution in [1.82, 2.24) is 10.1 Å². The Balaban J connectivity index is 2.18. The number of hydrogen-bond acceptors (Lipinski definition) is 6. The van der Waals surface area contributed by atoms with Crippen molar-refractivity contribution in [2.24, 2.45) is 0 Å². The first-order chi connectivity index (χ1) is 9.41. The summed E-state index contributed by atoms with van der Waals surface area (Å²) >= 11 is 0. The molecule has 1 N–H and O–H groups in total. The molecular formula is C12H13N3O4S.